The first-order valence-electron chi connectivity index (χ1n) is 7.89. The zero-order valence-electron chi connectivity index (χ0n) is 13.4. The molecule has 0 aliphatic carbocycles. The van der Waals surface area contributed by atoms with Crippen molar-refractivity contribution < 1.29 is 17.6 Å². The Morgan fingerprint density at radius 2 is 1.88 bits per heavy atom. The molecular weight excluding hydrogens is 456 g/mol. The predicted octanol–water partition coefficient (Wildman–Crippen LogP) is 3.43. The highest BCUT2D eigenvalue weighted by atomic mass is 127. The van der Waals surface area contributed by atoms with E-state index in [2.05, 4.69) is 22.6 Å². The summed E-state index contributed by atoms with van der Waals surface area (Å²) in [5.41, 5.74) is 0.722. The van der Waals surface area contributed by atoms with Crippen molar-refractivity contribution in [1.29, 1.82) is 0 Å². The van der Waals surface area contributed by atoms with Crippen LogP contribution in [-0.2, 0) is 9.84 Å². The van der Waals surface area contributed by atoms with E-state index in [1.807, 2.05) is 6.07 Å². The summed E-state index contributed by atoms with van der Waals surface area (Å²) >= 11 is 2.13. The zero-order valence-corrected chi connectivity index (χ0v) is 16.3. The quantitative estimate of drug-likeness (QED) is 0.629. The van der Waals surface area contributed by atoms with Crippen LogP contribution in [0, 0.1) is 9.39 Å². The third-order valence-electron chi connectivity index (χ3n) is 4.35. The number of nitrogens with zero attached hydrogens (tertiary/aromatic N) is 1. The van der Waals surface area contributed by atoms with E-state index in [4.69, 9.17) is 0 Å². The molecule has 0 radical (unpaired) electrons. The molecule has 4 nitrogen and oxygen atoms in total. The molecule has 1 saturated heterocycles. The van der Waals surface area contributed by atoms with Crippen LogP contribution >= 0.6 is 22.6 Å². The van der Waals surface area contributed by atoms with Crippen molar-refractivity contribution in [1.82, 2.24) is 4.90 Å². The van der Waals surface area contributed by atoms with E-state index in [-0.39, 0.29) is 36.7 Å². The van der Waals surface area contributed by atoms with Gasteiger partial charge >= 0.3 is 0 Å². The van der Waals surface area contributed by atoms with E-state index in [1.54, 1.807) is 29.2 Å². The van der Waals surface area contributed by atoms with Crippen molar-refractivity contribution in [3.63, 3.8) is 0 Å². The topological polar surface area (TPSA) is 54.5 Å². The number of halogens is 2. The lowest BCUT2D eigenvalue weighted by Crippen LogP contribution is -2.33. The minimum atomic E-state index is -3.53. The van der Waals surface area contributed by atoms with E-state index in [0.717, 1.165) is 3.57 Å². The summed E-state index contributed by atoms with van der Waals surface area (Å²) < 4.78 is 40.2. The molecule has 0 aromatic heterocycles. The van der Waals surface area contributed by atoms with Gasteiger partial charge in [-0.1, -0.05) is 24.3 Å². The maximum absolute atomic E-state index is 14.1. The van der Waals surface area contributed by atoms with Gasteiger partial charge in [0, 0.05) is 27.8 Å². The molecule has 2 aromatic rings. The van der Waals surface area contributed by atoms with E-state index in [0.29, 0.717) is 5.56 Å². The van der Waals surface area contributed by atoms with Crippen LogP contribution in [-0.4, -0.2) is 38.1 Å². The summed E-state index contributed by atoms with van der Waals surface area (Å²) in [5.74, 6) is -0.877. The highest BCUT2D eigenvalue weighted by Gasteiger charge is 2.34. The Kier molecular flexibility index (Phi) is 5.43. The lowest BCUT2D eigenvalue weighted by molar-refractivity contribution is 0.0766. The number of hydrogen-bond donors (Lipinski definition) is 0. The lowest BCUT2D eigenvalue weighted by Gasteiger charge is -2.20. The van der Waals surface area contributed by atoms with Crippen LogP contribution in [0.1, 0.15) is 27.6 Å². The van der Waals surface area contributed by atoms with E-state index in [9.17, 15) is 17.6 Å². The summed E-state index contributed by atoms with van der Waals surface area (Å²) in [4.78, 5) is 14.2. The van der Waals surface area contributed by atoms with Crippen LogP contribution in [0.3, 0.4) is 0 Å². The van der Waals surface area contributed by atoms with Crippen LogP contribution in [0.15, 0.2) is 48.5 Å². The fourth-order valence-electron chi connectivity index (χ4n) is 3.04. The third-order valence-corrected chi connectivity index (χ3v) is 7.13. The third kappa shape index (κ3) is 4.03. The summed E-state index contributed by atoms with van der Waals surface area (Å²) in [6.07, 6.45) is 0.193. The maximum Gasteiger partial charge on any atom is 0.253 e. The molecule has 2 aromatic carbocycles. The fourth-order valence-corrected chi connectivity index (χ4v) is 5.38. The molecular formula is C18H17FINO3S. The molecule has 3 rings (SSSR count). The molecule has 1 aliphatic heterocycles. The highest BCUT2D eigenvalue weighted by Crippen LogP contribution is 2.31. The summed E-state index contributed by atoms with van der Waals surface area (Å²) in [7, 11) is -3.53. The van der Waals surface area contributed by atoms with Crippen molar-refractivity contribution in [2.45, 2.75) is 11.7 Å². The number of hydrogen-bond acceptors (Lipinski definition) is 3. The molecule has 0 saturated carbocycles. The first-order valence-corrected chi connectivity index (χ1v) is 10.7. The number of sulfone groups is 1. The van der Waals surface area contributed by atoms with Crippen LogP contribution < -0.4 is 0 Å². The Morgan fingerprint density at radius 1 is 1.12 bits per heavy atom. The molecule has 1 atom stereocenters. The van der Waals surface area contributed by atoms with Crippen LogP contribution in [0.4, 0.5) is 4.39 Å². The summed E-state index contributed by atoms with van der Waals surface area (Å²) in [5, 5.41) is -0.914. The normalized spacial score (nSPS) is 20.1. The summed E-state index contributed by atoms with van der Waals surface area (Å²) in [6, 6.07) is 13.1. The van der Waals surface area contributed by atoms with Crippen molar-refractivity contribution in [2.24, 2.45) is 0 Å². The van der Waals surface area contributed by atoms with Gasteiger partial charge < -0.3 is 4.90 Å². The monoisotopic (exact) mass is 473 g/mol. The Hall–Kier alpha value is -1.48. The van der Waals surface area contributed by atoms with Crippen molar-refractivity contribution in [3.05, 3.63) is 69.0 Å². The van der Waals surface area contributed by atoms with Gasteiger partial charge in [-0.05, 0) is 53.3 Å². The van der Waals surface area contributed by atoms with Gasteiger partial charge in [-0.3, -0.25) is 4.79 Å². The molecule has 0 N–H and O–H groups in total. The molecule has 7 heteroatoms. The first kappa shape index (κ1) is 18.3. The molecule has 1 unspecified atom stereocenters. The van der Waals surface area contributed by atoms with E-state index >= 15 is 0 Å². The number of benzene rings is 2. The van der Waals surface area contributed by atoms with Gasteiger partial charge in [-0.15, -0.1) is 0 Å². The number of amides is 1. The zero-order chi connectivity index (χ0) is 18.0. The Labute approximate surface area is 160 Å². The molecule has 0 spiro atoms. The Bertz CT molecular complexity index is 901. The predicted molar refractivity (Wildman–Crippen MR) is 103 cm³/mol. The van der Waals surface area contributed by atoms with Gasteiger partial charge in [0.25, 0.3) is 5.91 Å². The second-order valence-electron chi connectivity index (χ2n) is 5.97. The van der Waals surface area contributed by atoms with Crippen LogP contribution in [0.25, 0.3) is 0 Å². The minimum absolute atomic E-state index is 0.123. The first-order chi connectivity index (χ1) is 11.9. The Balaban J connectivity index is 1.85. The molecule has 1 fully saturated rings. The summed E-state index contributed by atoms with van der Waals surface area (Å²) in [6.45, 7) is 0.403. The number of carbonyl (C=O) groups excluding carboxylic acids is 1. The van der Waals surface area contributed by atoms with Crippen molar-refractivity contribution in [3.8, 4) is 0 Å². The highest BCUT2D eigenvalue weighted by molar-refractivity contribution is 14.1. The standard InChI is InChI=1S/C18H17FINO3S/c19-16-7-2-1-6-15(16)17-8-9-21(10-11-25(17,23)24)18(22)13-4-3-5-14(20)12-13/h1-7,12,17H,8-11H2. The molecule has 1 heterocycles. The van der Waals surface area contributed by atoms with Gasteiger partial charge in [0.15, 0.2) is 9.84 Å². The van der Waals surface area contributed by atoms with Crippen molar-refractivity contribution in [2.75, 3.05) is 18.8 Å². The molecule has 1 amide bonds. The smallest absolute Gasteiger partial charge is 0.253 e. The van der Waals surface area contributed by atoms with Gasteiger partial charge in [0.1, 0.15) is 5.82 Å². The van der Waals surface area contributed by atoms with E-state index < -0.39 is 20.9 Å². The van der Waals surface area contributed by atoms with Gasteiger partial charge in [0.2, 0.25) is 0 Å². The molecule has 1 aliphatic rings. The lowest BCUT2D eigenvalue weighted by atomic mass is 10.1. The molecule has 0 bridgehead atoms. The second kappa shape index (κ2) is 7.41. The Morgan fingerprint density at radius 3 is 2.60 bits per heavy atom. The largest absolute Gasteiger partial charge is 0.338 e. The second-order valence-corrected chi connectivity index (χ2v) is 9.52. The van der Waals surface area contributed by atoms with E-state index in [1.165, 1.54) is 18.2 Å². The number of carbonyl (C=O) groups is 1. The SMILES string of the molecule is O=C(c1cccc(I)c1)N1CCC(c2ccccc2F)S(=O)(=O)CC1. The average molecular weight is 473 g/mol. The van der Waals surface area contributed by atoms with Gasteiger partial charge in [-0.25, -0.2) is 12.8 Å². The molecule has 132 valence electrons. The fraction of sp³-hybridized carbons (Fsp3) is 0.278. The average Bonchev–Trinajstić information content (AvgIpc) is 2.73. The molecule has 25 heavy (non-hydrogen) atoms. The minimum Gasteiger partial charge on any atom is -0.338 e. The maximum atomic E-state index is 14.1. The van der Waals surface area contributed by atoms with Crippen LogP contribution in [0.2, 0.25) is 0 Å². The van der Waals surface area contributed by atoms with Crippen molar-refractivity contribution >= 4 is 38.3 Å². The van der Waals surface area contributed by atoms with Gasteiger partial charge in [0.05, 0.1) is 11.0 Å². The number of rotatable bonds is 2. The van der Waals surface area contributed by atoms with Crippen LogP contribution in [0.5, 0.6) is 0 Å². The van der Waals surface area contributed by atoms with Gasteiger partial charge in [-0.2, -0.15) is 0 Å².